The van der Waals surface area contributed by atoms with E-state index < -0.39 is 0 Å². The van der Waals surface area contributed by atoms with Crippen LogP contribution in [0.4, 0.5) is 0 Å². The van der Waals surface area contributed by atoms with Gasteiger partial charge in [-0.3, -0.25) is 4.79 Å². The third kappa shape index (κ3) is 3.82. The zero-order valence-corrected chi connectivity index (χ0v) is 13.4. The van der Waals surface area contributed by atoms with Crippen molar-refractivity contribution in [2.45, 2.75) is 31.7 Å². The number of hydrogen-bond donors (Lipinski definition) is 2. The molecule has 22 heavy (non-hydrogen) atoms. The summed E-state index contributed by atoms with van der Waals surface area (Å²) in [5.41, 5.74) is 0.800. The van der Waals surface area contributed by atoms with E-state index in [4.69, 9.17) is 9.94 Å². The molecule has 0 bridgehead atoms. The summed E-state index contributed by atoms with van der Waals surface area (Å²) in [7, 11) is 1.58. The van der Waals surface area contributed by atoms with Crippen molar-refractivity contribution in [3.63, 3.8) is 0 Å². The molecular formula is C15H21ClN2O4. The number of phenols is 1. The first-order valence-corrected chi connectivity index (χ1v) is 6.88. The van der Waals surface area contributed by atoms with Crippen LogP contribution < -0.4 is 4.74 Å². The molecule has 1 amide bonds. The van der Waals surface area contributed by atoms with Crippen LogP contribution in [0, 0.1) is 0 Å². The first-order valence-electron chi connectivity index (χ1n) is 6.88. The first kappa shape index (κ1) is 18.1. The van der Waals surface area contributed by atoms with E-state index in [1.807, 2.05) is 6.07 Å². The summed E-state index contributed by atoms with van der Waals surface area (Å²) in [5, 5.41) is 21.9. The number of phenolic OH excluding ortho intramolecular Hbond substituents is 1. The Kier molecular flexibility index (Phi) is 6.49. The van der Waals surface area contributed by atoms with Gasteiger partial charge in [0.15, 0.2) is 0 Å². The monoisotopic (exact) mass is 328 g/mol. The van der Waals surface area contributed by atoms with E-state index in [2.05, 4.69) is 5.16 Å². The molecule has 0 aliphatic carbocycles. The molecule has 2 unspecified atom stereocenters. The maximum absolute atomic E-state index is 11.6. The number of nitrogens with zero attached hydrogens (tertiary/aromatic N) is 2. The molecule has 1 aromatic carbocycles. The highest BCUT2D eigenvalue weighted by Gasteiger charge is 2.31. The van der Waals surface area contributed by atoms with Crippen LogP contribution in [-0.2, 0) is 4.79 Å². The Hall–Kier alpha value is -1.95. The van der Waals surface area contributed by atoms with Crippen LogP contribution >= 0.6 is 12.4 Å². The van der Waals surface area contributed by atoms with E-state index in [0.717, 1.165) is 12.0 Å². The van der Waals surface area contributed by atoms with Crippen molar-refractivity contribution in [3.05, 3.63) is 23.8 Å². The van der Waals surface area contributed by atoms with Crippen molar-refractivity contribution in [3.8, 4) is 11.5 Å². The standard InChI is InChI=1S/C15H20N2O4.ClH/c1-10(18)17-6-5-11(7-12(17)9-16-20)14-8-13(21-2)3-4-15(14)19;/h3-4,8-9,11-12,19-20H,5-7H2,1-2H3;1H. The van der Waals surface area contributed by atoms with Gasteiger partial charge >= 0.3 is 0 Å². The smallest absolute Gasteiger partial charge is 0.219 e. The van der Waals surface area contributed by atoms with Crippen LogP contribution in [0.15, 0.2) is 23.4 Å². The molecule has 6 nitrogen and oxygen atoms in total. The number of oxime groups is 1. The average Bonchev–Trinajstić information content (AvgIpc) is 2.48. The lowest BCUT2D eigenvalue weighted by Gasteiger charge is -2.37. The highest BCUT2D eigenvalue weighted by molar-refractivity contribution is 5.85. The number of ether oxygens (including phenoxy) is 1. The quantitative estimate of drug-likeness (QED) is 0.507. The van der Waals surface area contributed by atoms with Gasteiger partial charge in [0.25, 0.3) is 0 Å². The minimum atomic E-state index is -0.267. The SMILES string of the molecule is COc1ccc(O)c(C2CCN(C(C)=O)C(C=NO)C2)c1.Cl. The fourth-order valence-electron chi connectivity index (χ4n) is 2.88. The van der Waals surface area contributed by atoms with E-state index in [-0.39, 0.29) is 36.0 Å². The molecule has 1 fully saturated rings. The second kappa shape index (κ2) is 7.89. The molecule has 1 aliphatic heterocycles. The lowest BCUT2D eigenvalue weighted by molar-refractivity contribution is -0.131. The van der Waals surface area contributed by atoms with E-state index in [0.29, 0.717) is 18.7 Å². The normalized spacial score (nSPS) is 21.5. The summed E-state index contributed by atoms with van der Waals surface area (Å²) in [6.07, 6.45) is 2.71. The zero-order valence-electron chi connectivity index (χ0n) is 12.6. The number of benzene rings is 1. The van der Waals surface area contributed by atoms with Crippen LogP contribution in [0.2, 0.25) is 0 Å². The van der Waals surface area contributed by atoms with Gasteiger partial charge in [0, 0.05) is 19.0 Å². The summed E-state index contributed by atoms with van der Waals surface area (Å²) in [6.45, 7) is 2.06. The fraction of sp³-hybridized carbons (Fsp3) is 0.467. The van der Waals surface area contributed by atoms with Crippen molar-refractivity contribution in [2.24, 2.45) is 5.16 Å². The topological polar surface area (TPSA) is 82.4 Å². The average molecular weight is 329 g/mol. The first-order chi connectivity index (χ1) is 10.1. The number of hydrogen-bond acceptors (Lipinski definition) is 5. The second-order valence-electron chi connectivity index (χ2n) is 5.19. The van der Waals surface area contributed by atoms with Crippen LogP contribution in [0.3, 0.4) is 0 Å². The number of carbonyl (C=O) groups excluding carboxylic acids is 1. The van der Waals surface area contributed by atoms with Crippen molar-refractivity contribution in [1.29, 1.82) is 0 Å². The Morgan fingerprint density at radius 3 is 2.82 bits per heavy atom. The Labute approximate surface area is 135 Å². The summed E-state index contributed by atoms with van der Waals surface area (Å²) in [4.78, 5) is 13.3. The maximum atomic E-state index is 11.6. The van der Waals surface area contributed by atoms with Gasteiger partial charge in [-0.15, -0.1) is 12.4 Å². The molecule has 0 spiro atoms. The number of likely N-dealkylation sites (tertiary alicyclic amines) is 1. The number of aromatic hydroxyl groups is 1. The molecule has 2 rings (SSSR count). The maximum Gasteiger partial charge on any atom is 0.219 e. The highest BCUT2D eigenvalue weighted by atomic mass is 35.5. The summed E-state index contributed by atoms with van der Waals surface area (Å²) in [6, 6.07) is 4.87. The van der Waals surface area contributed by atoms with Gasteiger partial charge in [-0.05, 0) is 37.0 Å². The van der Waals surface area contributed by atoms with Crippen molar-refractivity contribution < 1.29 is 19.8 Å². The molecule has 0 aromatic heterocycles. The Bertz CT molecular complexity index is 550. The number of methoxy groups -OCH3 is 1. The minimum Gasteiger partial charge on any atom is -0.508 e. The molecular weight excluding hydrogens is 308 g/mol. The predicted octanol–water partition coefficient (Wildman–Crippen LogP) is 2.38. The summed E-state index contributed by atoms with van der Waals surface area (Å²) >= 11 is 0. The number of piperidine rings is 1. The van der Waals surface area contributed by atoms with E-state index >= 15 is 0 Å². The van der Waals surface area contributed by atoms with Gasteiger partial charge in [-0.2, -0.15) is 0 Å². The Morgan fingerprint density at radius 1 is 1.50 bits per heavy atom. The van der Waals surface area contributed by atoms with Crippen LogP contribution in [0.5, 0.6) is 11.5 Å². The van der Waals surface area contributed by atoms with E-state index in [1.54, 1.807) is 24.1 Å². The van der Waals surface area contributed by atoms with Crippen LogP contribution in [0.1, 0.15) is 31.2 Å². The molecule has 1 aromatic rings. The Balaban J connectivity index is 0.00000242. The second-order valence-corrected chi connectivity index (χ2v) is 5.19. The third-order valence-corrected chi connectivity index (χ3v) is 3.96. The lowest BCUT2D eigenvalue weighted by atomic mass is 9.85. The van der Waals surface area contributed by atoms with Gasteiger partial charge in [-0.25, -0.2) is 0 Å². The van der Waals surface area contributed by atoms with E-state index in [9.17, 15) is 9.90 Å². The molecule has 7 heteroatoms. The molecule has 2 N–H and O–H groups in total. The molecule has 1 heterocycles. The van der Waals surface area contributed by atoms with E-state index in [1.165, 1.54) is 13.1 Å². The largest absolute Gasteiger partial charge is 0.508 e. The van der Waals surface area contributed by atoms with Gasteiger partial charge in [0.05, 0.1) is 19.4 Å². The number of carbonyl (C=O) groups is 1. The molecule has 0 radical (unpaired) electrons. The highest BCUT2D eigenvalue weighted by Crippen LogP contribution is 2.37. The zero-order chi connectivity index (χ0) is 15.4. The molecule has 2 atom stereocenters. The van der Waals surface area contributed by atoms with Crippen LogP contribution in [-0.4, -0.2) is 47.0 Å². The third-order valence-electron chi connectivity index (χ3n) is 3.96. The van der Waals surface area contributed by atoms with Crippen molar-refractivity contribution >= 4 is 24.5 Å². The molecule has 0 saturated carbocycles. The molecule has 1 aliphatic rings. The van der Waals surface area contributed by atoms with Gasteiger partial charge < -0.3 is 20.0 Å². The van der Waals surface area contributed by atoms with Crippen molar-refractivity contribution in [1.82, 2.24) is 4.90 Å². The lowest BCUT2D eigenvalue weighted by Crippen LogP contribution is -2.45. The van der Waals surface area contributed by atoms with Crippen molar-refractivity contribution in [2.75, 3.05) is 13.7 Å². The number of halogens is 1. The van der Waals surface area contributed by atoms with Gasteiger partial charge in [0.1, 0.15) is 11.5 Å². The van der Waals surface area contributed by atoms with Crippen LogP contribution in [0.25, 0.3) is 0 Å². The molecule has 122 valence electrons. The fourth-order valence-corrected chi connectivity index (χ4v) is 2.88. The van der Waals surface area contributed by atoms with Gasteiger partial charge in [0.2, 0.25) is 5.91 Å². The Morgan fingerprint density at radius 2 is 2.23 bits per heavy atom. The number of rotatable bonds is 3. The molecule has 1 saturated heterocycles. The summed E-state index contributed by atoms with van der Waals surface area (Å²) in [5.74, 6) is 0.938. The predicted molar refractivity (Wildman–Crippen MR) is 85.3 cm³/mol. The minimum absolute atomic E-state index is 0. The number of amides is 1. The summed E-state index contributed by atoms with van der Waals surface area (Å²) < 4.78 is 5.19. The van der Waals surface area contributed by atoms with Gasteiger partial charge in [-0.1, -0.05) is 5.16 Å².